The van der Waals surface area contributed by atoms with Crippen LogP contribution in [0.2, 0.25) is 0 Å². The van der Waals surface area contributed by atoms with Gasteiger partial charge in [0.2, 0.25) is 0 Å². The minimum atomic E-state index is -0.256. The molecular weight excluding hydrogens is 302 g/mol. The van der Waals surface area contributed by atoms with Gasteiger partial charge in [0.25, 0.3) is 5.91 Å². The van der Waals surface area contributed by atoms with Gasteiger partial charge in [-0.2, -0.15) is 5.10 Å². The van der Waals surface area contributed by atoms with Crippen molar-refractivity contribution in [3.8, 4) is 0 Å². The molecule has 2 heterocycles. The quantitative estimate of drug-likeness (QED) is 0.811. The van der Waals surface area contributed by atoms with Crippen molar-refractivity contribution < 1.29 is 14.6 Å². The molecule has 6 nitrogen and oxygen atoms in total. The maximum absolute atomic E-state index is 12.4. The second-order valence-corrected chi connectivity index (χ2v) is 5.96. The van der Waals surface area contributed by atoms with Crippen molar-refractivity contribution in [1.29, 1.82) is 0 Å². The first-order valence-electron chi connectivity index (χ1n) is 7.08. The smallest absolute Gasteiger partial charge is 0.255 e. The molecule has 2 rings (SSSR count). The molecule has 0 fully saturated rings. The van der Waals surface area contributed by atoms with E-state index in [0.717, 1.165) is 10.6 Å². The van der Waals surface area contributed by atoms with Crippen molar-refractivity contribution in [2.75, 3.05) is 19.8 Å². The van der Waals surface area contributed by atoms with Gasteiger partial charge < -0.3 is 15.2 Å². The number of hydrogen-bond donors (Lipinski definition) is 2. The van der Waals surface area contributed by atoms with Crippen molar-refractivity contribution in [2.45, 2.75) is 20.0 Å². The molecule has 2 aromatic rings. The number of nitrogens with zero attached hydrogens (tertiary/aromatic N) is 2. The fraction of sp³-hybridized carbons (Fsp3) is 0.467. The van der Waals surface area contributed by atoms with Gasteiger partial charge in [0.15, 0.2) is 0 Å². The van der Waals surface area contributed by atoms with Gasteiger partial charge in [-0.15, -0.1) is 11.3 Å². The average molecular weight is 323 g/mol. The lowest BCUT2D eigenvalue weighted by atomic mass is 10.2. The average Bonchev–Trinajstić information content (AvgIpc) is 3.08. The number of hydrogen-bond acceptors (Lipinski definition) is 5. The summed E-state index contributed by atoms with van der Waals surface area (Å²) in [4.78, 5) is 13.4. The van der Waals surface area contributed by atoms with Gasteiger partial charge in [-0.25, -0.2) is 0 Å². The van der Waals surface area contributed by atoms with Gasteiger partial charge in [-0.1, -0.05) is 6.07 Å². The molecule has 0 saturated carbocycles. The summed E-state index contributed by atoms with van der Waals surface area (Å²) in [5, 5.41) is 18.0. The zero-order valence-corrected chi connectivity index (χ0v) is 13.8. The Morgan fingerprint density at radius 1 is 1.55 bits per heavy atom. The first kappa shape index (κ1) is 16.7. The summed E-state index contributed by atoms with van der Waals surface area (Å²) in [5.74, 6) is -0.155. The number of carbonyl (C=O) groups is 1. The van der Waals surface area contributed by atoms with Crippen LogP contribution in [-0.4, -0.2) is 40.6 Å². The van der Waals surface area contributed by atoms with Crippen LogP contribution < -0.4 is 5.32 Å². The van der Waals surface area contributed by atoms with E-state index in [-0.39, 0.29) is 25.2 Å². The van der Waals surface area contributed by atoms with Gasteiger partial charge >= 0.3 is 0 Å². The van der Waals surface area contributed by atoms with E-state index in [0.29, 0.717) is 17.8 Å². The molecule has 22 heavy (non-hydrogen) atoms. The number of aryl methyl sites for hydroxylation is 2. The molecule has 0 spiro atoms. The molecule has 0 aliphatic carbocycles. The highest BCUT2D eigenvalue weighted by Crippen LogP contribution is 2.22. The summed E-state index contributed by atoms with van der Waals surface area (Å²) >= 11 is 1.56. The molecule has 120 valence electrons. The van der Waals surface area contributed by atoms with E-state index in [2.05, 4.69) is 10.4 Å². The monoisotopic (exact) mass is 323 g/mol. The fourth-order valence-electron chi connectivity index (χ4n) is 2.29. The standard InChI is InChI=1S/C15H21N3O3S/c1-10-14(11(2)18(3)17-10)15(20)16-9-12(21-7-6-19)13-5-4-8-22-13/h4-5,8,12,19H,6-7,9H2,1-3H3,(H,16,20). The van der Waals surface area contributed by atoms with Crippen molar-refractivity contribution in [3.05, 3.63) is 39.3 Å². The van der Waals surface area contributed by atoms with Gasteiger partial charge in [-0.3, -0.25) is 9.48 Å². The van der Waals surface area contributed by atoms with Crippen molar-refractivity contribution in [1.82, 2.24) is 15.1 Å². The van der Waals surface area contributed by atoms with Crippen LogP contribution in [0.1, 0.15) is 32.7 Å². The molecular formula is C15H21N3O3S. The molecule has 2 N–H and O–H groups in total. The van der Waals surface area contributed by atoms with Crippen LogP contribution in [0.25, 0.3) is 0 Å². The summed E-state index contributed by atoms with van der Waals surface area (Å²) in [5.41, 5.74) is 2.15. The largest absolute Gasteiger partial charge is 0.394 e. The minimum Gasteiger partial charge on any atom is -0.394 e. The Morgan fingerprint density at radius 2 is 2.32 bits per heavy atom. The third kappa shape index (κ3) is 3.73. The van der Waals surface area contributed by atoms with Crippen LogP contribution in [0.5, 0.6) is 0 Å². The zero-order chi connectivity index (χ0) is 16.1. The summed E-state index contributed by atoms with van der Waals surface area (Å²) in [6.07, 6.45) is -0.256. The second-order valence-electron chi connectivity index (χ2n) is 4.98. The third-order valence-electron chi connectivity index (χ3n) is 3.45. The minimum absolute atomic E-state index is 0.0450. The Hall–Kier alpha value is -1.70. The Morgan fingerprint density at radius 3 is 2.86 bits per heavy atom. The SMILES string of the molecule is Cc1nn(C)c(C)c1C(=O)NCC(OCCO)c1cccs1. The predicted octanol–water partition coefficient (Wildman–Crippen LogP) is 1.58. The van der Waals surface area contributed by atoms with E-state index in [1.807, 2.05) is 38.4 Å². The number of aromatic nitrogens is 2. The lowest BCUT2D eigenvalue weighted by Crippen LogP contribution is -2.30. The van der Waals surface area contributed by atoms with E-state index in [9.17, 15) is 4.79 Å². The number of carbonyl (C=O) groups excluding carboxylic acids is 1. The lowest BCUT2D eigenvalue weighted by Gasteiger charge is -2.17. The number of ether oxygens (including phenoxy) is 1. The maximum Gasteiger partial charge on any atom is 0.255 e. The van der Waals surface area contributed by atoms with Crippen LogP contribution in [0.4, 0.5) is 0 Å². The molecule has 0 radical (unpaired) electrons. The fourth-order valence-corrected chi connectivity index (χ4v) is 3.06. The molecule has 0 saturated heterocycles. The van der Waals surface area contributed by atoms with Crippen molar-refractivity contribution in [3.63, 3.8) is 0 Å². The number of thiophene rings is 1. The summed E-state index contributed by atoms with van der Waals surface area (Å²) in [6.45, 7) is 4.24. The van der Waals surface area contributed by atoms with Gasteiger partial charge in [0.05, 0.1) is 24.5 Å². The van der Waals surface area contributed by atoms with Crippen molar-refractivity contribution >= 4 is 17.2 Å². The molecule has 1 atom stereocenters. The third-order valence-corrected chi connectivity index (χ3v) is 4.42. The highest BCUT2D eigenvalue weighted by molar-refractivity contribution is 7.10. The second kappa shape index (κ2) is 7.53. The highest BCUT2D eigenvalue weighted by Gasteiger charge is 2.20. The maximum atomic E-state index is 12.4. The number of aliphatic hydroxyl groups excluding tert-OH is 1. The van der Waals surface area contributed by atoms with Gasteiger partial charge in [-0.05, 0) is 25.3 Å². The van der Waals surface area contributed by atoms with E-state index >= 15 is 0 Å². The Kier molecular flexibility index (Phi) is 5.70. The van der Waals surface area contributed by atoms with E-state index in [1.54, 1.807) is 16.0 Å². The molecule has 0 aliphatic heterocycles. The summed E-state index contributed by atoms with van der Waals surface area (Å²) in [6, 6.07) is 3.89. The van der Waals surface area contributed by atoms with Gasteiger partial charge in [0, 0.05) is 24.2 Å². The van der Waals surface area contributed by atoms with Crippen LogP contribution in [-0.2, 0) is 11.8 Å². The molecule has 0 aromatic carbocycles. The predicted molar refractivity (Wildman–Crippen MR) is 85.1 cm³/mol. The molecule has 2 aromatic heterocycles. The van der Waals surface area contributed by atoms with E-state index in [4.69, 9.17) is 9.84 Å². The molecule has 7 heteroatoms. The van der Waals surface area contributed by atoms with E-state index < -0.39 is 0 Å². The topological polar surface area (TPSA) is 76.4 Å². The van der Waals surface area contributed by atoms with Crippen molar-refractivity contribution in [2.24, 2.45) is 7.05 Å². The van der Waals surface area contributed by atoms with Crippen LogP contribution in [0.15, 0.2) is 17.5 Å². The first-order valence-corrected chi connectivity index (χ1v) is 7.96. The molecule has 1 amide bonds. The molecule has 0 bridgehead atoms. The van der Waals surface area contributed by atoms with Gasteiger partial charge in [0.1, 0.15) is 6.10 Å². The van der Waals surface area contributed by atoms with Crippen LogP contribution >= 0.6 is 11.3 Å². The molecule has 1 unspecified atom stereocenters. The Bertz CT molecular complexity index is 622. The first-order chi connectivity index (χ1) is 10.5. The van der Waals surface area contributed by atoms with Crippen LogP contribution in [0.3, 0.4) is 0 Å². The Balaban J connectivity index is 2.04. The number of aliphatic hydroxyl groups is 1. The zero-order valence-electron chi connectivity index (χ0n) is 13.0. The van der Waals surface area contributed by atoms with E-state index in [1.165, 1.54) is 0 Å². The number of amides is 1. The summed E-state index contributed by atoms with van der Waals surface area (Å²) in [7, 11) is 1.82. The summed E-state index contributed by atoms with van der Waals surface area (Å²) < 4.78 is 7.31. The highest BCUT2D eigenvalue weighted by atomic mass is 32.1. The number of rotatable bonds is 7. The molecule has 0 aliphatic rings. The normalized spacial score (nSPS) is 12.4. The Labute approximate surface area is 133 Å². The lowest BCUT2D eigenvalue weighted by molar-refractivity contribution is 0.0296. The number of nitrogens with one attached hydrogen (secondary N) is 1. The van der Waals surface area contributed by atoms with Crippen LogP contribution in [0, 0.1) is 13.8 Å².